The Hall–Kier alpha value is -3.42. The molecule has 0 spiro atoms. The molecule has 142 valence electrons. The Labute approximate surface area is 156 Å². The largest absolute Gasteiger partial charge is 0.490 e. The lowest BCUT2D eigenvalue weighted by molar-refractivity contribution is -0.123. The molecule has 0 aromatic heterocycles. The number of nitrogens with one attached hydrogen (secondary N) is 2. The molecule has 0 aliphatic carbocycles. The summed E-state index contributed by atoms with van der Waals surface area (Å²) in [6, 6.07) is 11.8. The second-order valence-corrected chi connectivity index (χ2v) is 5.65. The van der Waals surface area contributed by atoms with Crippen molar-refractivity contribution in [3.63, 3.8) is 0 Å². The average Bonchev–Trinajstić information content (AvgIpc) is 3.17. The van der Waals surface area contributed by atoms with E-state index in [9.17, 15) is 9.59 Å². The Balaban J connectivity index is 1.48. The SMILES string of the molecule is CCCOc1ccccc1OCC(=O)NNC(=O)c1ccc2c(c1)OCO2. The second-order valence-electron chi connectivity index (χ2n) is 5.65. The zero-order valence-electron chi connectivity index (χ0n) is 14.8. The number of hydrogen-bond acceptors (Lipinski definition) is 6. The molecule has 1 aliphatic heterocycles. The van der Waals surface area contributed by atoms with E-state index in [-0.39, 0.29) is 13.4 Å². The van der Waals surface area contributed by atoms with Crippen molar-refractivity contribution >= 4 is 11.8 Å². The number of para-hydroxylation sites is 2. The van der Waals surface area contributed by atoms with Crippen LogP contribution in [0.4, 0.5) is 0 Å². The van der Waals surface area contributed by atoms with Gasteiger partial charge in [-0.15, -0.1) is 0 Å². The fraction of sp³-hybridized carbons (Fsp3) is 0.263. The lowest BCUT2D eigenvalue weighted by Crippen LogP contribution is -2.43. The molecule has 0 saturated heterocycles. The Morgan fingerprint density at radius 3 is 2.52 bits per heavy atom. The third-order valence-corrected chi connectivity index (χ3v) is 3.62. The third-order valence-electron chi connectivity index (χ3n) is 3.62. The Bertz CT molecular complexity index is 824. The van der Waals surface area contributed by atoms with Crippen molar-refractivity contribution in [1.82, 2.24) is 10.9 Å². The predicted octanol–water partition coefficient (Wildman–Crippen LogP) is 2.04. The molecule has 0 unspecified atom stereocenters. The Morgan fingerprint density at radius 2 is 1.74 bits per heavy atom. The van der Waals surface area contributed by atoms with Gasteiger partial charge in [0, 0.05) is 5.56 Å². The van der Waals surface area contributed by atoms with Crippen LogP contribution in [0.2, 0.25) is 0 Å². The lowest BCUT2D eigenvalue weighted by atomic mass is 10.2. The van der Waals surface area contributed by atoms with Crippen LogP contribution in [0, 0.1) is 0 Å². The lowest BCUT2D eigenvalue weighted by Gasteiger charge is -2.12. The van der Waals surface area contributed by atoms with Crippen LogP contribution in [-0.2, 0) is 4.79 Å². The molecule has 2 aromatic rings. The zero-order chi connectivity index (χ0) is 19.1. The van der Waals surface area contributed by atoms with Crippen molar-refractivity contribution in [3.8, 4) is 23.0 Å². The quantitative estimate of drug-likeness (QED) is 0.723. The Morgan fingerprint density at radius 1 is 1.00 bits per heavy atom. The van der Waals surface area contributed by atoms with Gasteiger partial charge in [0.15, 0.2) is 29.6 Å². The van der Waals surface area contributed by atoms with Crippen molar-refractivity contribution in [2.45, 2.75) is 13.3 Å². The van der Waals surface area contributed by atoms with E-state index in [4.69, 9.17) is 18.9 Å². The molecule has 8 nitrogen and oxygen atoms in total. The molecule has 2 amide bonds. The van der Waals surface area contributed by atoms with Crippen LogP contribution in [0.5, 0.6) is 23.0 Å². The first-order chi connectivity index (χ1) is 13.2. The molecule has 0 saturated carbocycles. The molecule has 27 heavy (non-hydrogen) atoms. The van der Waals surface area contributed by atoms with Gasteiger partial charge in [-0.05, 0) is 36.8 Å². The summed E-state index contributed by atoms with van der Waals surface area (Å²) in [7, 11) is 0. The van der Waals surface area contributed by atoms with Gasteiger partial charge in [0.25, 0.3) is 11.8 Å². The summed E-state index contributed by atoms with van der Waals surface area (Å²) >= 11 is 0. The topological polar surface area (TPSA) is 95.1 Å². The highest BCUT2D eigenvalue weighted by atomic mass is 16.7. The van der Waals surface area contributed by atoms with Gasteiger partial charge < -0.3 is 18.9 Å². The third kappa shape index (κ3) is 4.81. The number of benzene rings is 2. The van der Waals surface area contributed by atoms with E-state index >= 15 is 0 Å². The highest BCUT2D eigenvalue weighted by molar-refractivity contribution is 5.96. The predicted molar refractivity (Wildman–Crippen MR) is 95.9 cm³/mol. The summed E-state index contributed by atoms with van der Waals surface area (Å²) in [6.07, 6.45) is 0.862. The molecular formula is C19H20N2O6. The monoisotopic (exact) mass is 372 g/mol. The molecule has 8 heteroatoms. The molecule has 3 rings (SSSR count). The number of fused-ring (bicyclic) bond motifs is 1. The van der Waals surface area contributed by atoms with Crippen LogP contribution < -0.4 is 29.8 Å². The van der Waals surface area contributed by atoms with E-state index in [0.29, 0.717) is 35.2 Å². The smallest absolute Gasteiger partial charge is 0.276 e. The van der Waals surface area contributed by atoms with Gasteiger partial charge in [-0.25, -0.2) is 0 Å². The minimum absolute atomic E-state index is 0.123. The van der Waals surface area contributed by atoms with Crippen LogP contribution in [-0.4, -0.2) is 31.8 Å². The highest BCUT2D eigenvalue weighted by Crippen LogP contribution is 2.32. The first kappa shape index (κ1) is 18.4. The van der Waals surface area contributed by atoms with Gasteiger partial charge in [-0.1, -0.05) is 19.1 Å². The van der Waals surface area contributed by atoms with Crippen LogP contribution in [0.25, 0.3) is 0 Å². The van der Waals surface area contributed by atoms with Gasteiger partial charge in [-0.3, -0.25) is 20.4 Å². The van der Waals surface area contributed by atoms with Crippen molar-refractivity contribution in [1.29, 1.82) is 0 Å². The normalized spacial score (nSPS) is 11.6. The fourth-order valence-electron chi connectivity index (χ4n) is 2.32. The Kier molecular flexibility index (Phi) is 5.98. The van der Waals surface area contributed by atoms with E-state index in [1.54, 1.807) is 36.4 Å². The maximum absolute atomic E-state index is 12.1. The first-order valence-corrected chi connectivity index (χ1v) is 8.51. The van der Waals surface area contributed by atoms with Crippen LogP contribution in [0.15, 0.2) is 42.5 Å². The second kappa shape index (κ2) is 8.79. The van der Waals surface area contributed by atoms with Crippen molar-refractivity contribution < 1.29 is 28.5 Å². The average molecular weight is 372 g/mol. The van der Waals surface area contributed by atoms with E-state index < -0.39 is 11.8 Å². The van der Waals surface area contributed by atoms with Crippen molar-refractivity contribution in [2.24, 2.45) is 0 Å². The summed E-state index contributed by atoms with van der Waals surface area (Å²) < 4.78 is 21.4. The summed E-state index contributed by atoms with van der Waals surface area (Å²) in [6.45, 7) is 2.41. The molecule has 0 bridgehead atoms. The summed E-state index contributed by atoms with van der Waals surface area (Å²) in [4.78, 5) is 24.0. The number of carbonyl (C=O) groups excluding carboxylic acids is 2. The number of amides is 2. The molecule has 2 aromatic carbocycles. The van der Waals surface area contributed by atoms with E-state index in [1.807, 2.05) is 13.0 Å². The molecule has 0 radical (unpaired) electrons. The van der Waals surface area contributed by atoms with Crippen molar-refractivity contribution in [3.05, 3.63) is 48.0 Å². The number of carbonyl (C=O) groups is 2. The van der Waals surface area contributed by atoms with E-state index in [0.717, 1.165) is 6.42 Å². The zero-order valence-corrected chi connectivity index (χ0v) is 14.8. The van der Waals surface area contributed by atoms with Crippen LogP contribution >= 0.6 is 0 Å². The van der Waals surface area contributed by atoms with E-state index in [2.05, 4.69) is 10.9 Å². The van der Waals surface area contributed by atoms with E-state index in [1.165, 1.54) is 0 Å². The summed E-state index contributed by atoms with van der Waals surface area (Å²) in [5.41, 5.74) is 4.97. The van der Waals surface area contributed by atoms with Gasteiger partial charge in [0.05, 0.1) is 6.61 Å². The van der Waals surface area contributed by atoms with Gasteiger partial charge in [-0.2, -0.15) is 0 Å². The first-order valence-electron chi connectivity index (χ1n) is 8.51. The molecular weight excluding hydrogens is 352 g/mol. The van der Waals surface area contributed by atoms with Gasteiger partial charge >= 0.3 is 0 Å². The number of rotatable bonds is 7. The van der Waals surface area contributed by atoms with Gasteiger partial charge in [0.1, 0.15) is 0 Å². The number of hydrogen-bond donors (Lipinski definition) is 2. The summed E-state index contributed by atoms with van der Waals surface area (Å²) in [5.74, 6) is 1.11. The highest BCUT2D eigenvalue weighted by Gasteiger charge is 2.16. The molecule has 0 fully saturated rings. The standard InChI is InChI=1S/C19H20N2O6/c1-2-9-24-14-5-3-4-6-15(14)25-11-18(22)20-21-19(23)13-7-8-16-17(10-13)27-12-26-16/h3-8,10H,2,9,11-12H2,1H3,(H,20,22)(H,21,23). The fourth-order valence-corrected chi connectivity index (χ4v) is 2.32. The maximum Gasteiger partial charge on any atom is 0.276 e. The molecule has 1 heterocycles. The maximum atomic E-state index is 12.1. The van der Waals surface area contributed by atoms with Crippen molar-refractivity contribution in [2.75, 3.05) is 20.0 Å². The summed E-state index contributed by atoms with van der Waals surface area (Å²) in [5, 5.41) is 0. The number of ether oxygens (including phenoxy) is 4. The minimum atomic E-state index is -0.505. The number of hydrazine groups is 1. The molecule has 2 N–H and O–H groups in total. The van der Waals surface area contributed by atoms with Gasteiger partial charge in [0.2, 0.25) is 6.79 Å². The van der Waals surface area contributed by atoms with Crippen LogP contribution in [0.1, 0.15) is 23.7 Å². The minimum Gasteiger partial charge on any atom is -0.490 e. The molecule has 0 atom stereocenters. The molecule has 1 aliphatic rings. The van der Waals surface area contributed by atoms with Crippen LogP contribution in [0.3, 0.4) is 0 Å².